The first kappa shape index (κ1) is 23.9. The number of carbonyl (C=O) groups is 1. The van der Waals surface area contributed by atoms with E-state index in [2.05, 4.69) is 23.2 Å². The highest BCUT2D eigenvalue weighted by Gasteiger charge is 2.42. The molecule has 0 radical (unpaired) electrons. The topological polar surface area (TPSA) is 64.7 Å². The lowest BCUT2D eigenvalue weighted by atomic mass is 9.77. The van der Waals surface area contributed by atoms with Gasteiger partial charge in [0.25, 0.3) is 0 Å². The molecule has 1 saturated carbocycles. The number of hydrogen-bond donors (Lipinski definition) is 1. The first-order valence-corrected chi connectivity index (χ1v) is 11.5. The fraction of sp³-hybridized carbons (Fsp3) is 0.296. The van der Waals surface area contributed by atoms with Gasteiger partial charge < -0.3 is 21.9 Å². The minimum Gasteiger partial charge on any atom is -1.00 e. The Kier molecular flexibility index (Phi) is 7.60. The number of esters is 1. The highest BCUT2D eigenvalue weighted by molar-refractivity contribution is 5.99. The molecular formula is C27H28ClN3O3. The minimum absolute atomic E-state index is 0. The Morgan fingerprint density at radius 3 is 2.74 bits per heavy atom. The summed E-state index contributed by atoms with van der Waals surface area (Å²) in [6.45, 7) is 0.511. The fourth-order valence-electron chi connectivity index (χ4n) is 4.91. The number of nitrogens with zero attached hydrogens (tertiary/aromatic N) is 2. The van der Waals surface area contributed by atoms with Crippen molar-refractivity contribution in [3.8, 4) is 5.75 Å². The average molecular weight is 478 g/mol. The normalized spacial score (nSPS) is 23.1. The second-order valence-electron chi connectivity index (χ2n) is 8.59. The van der Waals surface area contributed by atoms with Gasteiger partial charge in [0.2, 0.25) is 5.84 Å². The Morgan fingerprint density at radius 1 is 1.09 bits per heavy atom. The van der Waals surface area contributed by atoms with Gasteiger partial charge in [0, 0.05) is 5.92 Å². The number of benzene rings is 2. The van der Waals surface area contributed by atoms with Crippen LogP contribution in [0, 0.1) is 11.8 Å². The molecule has 3 aliphatic rings. The van der Waals surface area contributed by atoms with Crippen LogP contribution in [0.5, 0.6) is 5.75 Å². The lowest BCUT2D eigenvalue weighted by molar-refractivity contribution is -0.689. The predicted molar refractivity (Wildman–Crippen MR) is 127 cm³/mol. The van der Waals surface area contributed by atoms with Gasteiger partial charge in [-0.15, -0.1) is 0 Å². The molecule has 2 heterocycles. The monoisotopic (exact) mass is 477 g/mol. The van der Waals surface area contributed by atoms with Crippen LogP contribution in [0.15, 0.2) is 88.4 Å². The number of allylic oxidation sites excluding steroid dienone is 2. The zero-order chi connectivity index (χ0) is 22.6. The van der Waals surface area contributed by atoms with Crippen molar-refractivity contribution in [2.24, 2.45) is 21.8 Å². The second kappa shape index (κ2) is 10.8. The molecule has 0 amide bonds. The van der Waals surface area contributed by atoms with Crippen LogP contribution in [-0.4, -0.2) is 25.1 Å². The maximum absolute atomic E-state index is 12.5. The molecule has 1 aliphatic carbocycles. The maximum Gasteiger partial charge on any atom is 0.309 e. The molecule has 3 atom stereocenters. The summed E-state index contributed by atoms with van der Waals surface area (Å²) in [7, 11) is 1.47. The molecule has 0 aromatic heterocycles. The van der Waals surface area contributed by atoms with Crippen molar-refractivity contribution < 1.29 is 31.6 Å². The van der Waals surface area contributed by atoms with E-state index in [9.17, 15) is 4.79 Å². The standard InChI is InChI=1S/C27H27N3O3.ClH/c1-32-27(31)23-13-6-5-12-22(23)25-24-17-28-14-15-30(24)26(29-25)20-10-7-11-21(16-20)33-18-19-8-3-2-4-9-19;/h2-4,7-11,14-17,22-23H,5-6,12-13,18H2,1H3;1H. The third-order valence-electron chi connectivity index (χ3n) is 6.56. The molecule has 1 N–H and O–H groups in total. The smallest absolute Gasteiger partial charge is 0.309 e. The van der Waals surface area contributed by atoms with Crippen LogP contribution in [0.4, 0.5) is 0 Å². The van der Waals surface area contributed by atoms with Crippen LogP contribution < -0.4 is 22.0 Å². The Balaban J connectivity index is 0.00000274. The van der Waals surface area contributed by atoms with Crippen LogP contribution in [0.3, 0.4) is 0 Å². The molecule has 1 fully saturated rings. The molecule has 2 aliphatic heterocycles. The Bertz CT molecular complexity index is 1160. The van der Waals surface area contributed by atoms with Gasteiger partial charge >= 0.3 is 5.97 Å². The summed E-state index contributed by atoms with van der Waals surface area (Å²) in [6.07, 6.45) is 9.58. The summed E-state index contributed by atoms with van der Waals surface area (Å²) < 4.78 is 11.2. The van der Waals surface area contributed by atoms with Crippen molar-refractivity contribution in [1.82, 2.24) is 0 Å². The number of quaternary nitrogens is 1. The largest absolute Gasteiger partial charge is 1.00 e. The molecule has 0 saturated heterocycles. The van der Waals surface area contributed by atoms with Crippen LogP contribution in [-0.2, 0) is 16.1 Å². The lowest BCUT2D eigenvalue weighted by Gasteiger charge is -2.28. The summed E-state index contributed by atoms with van der Waals surface area (Å²) in [4.78, 5) is 23.0. The number of halogens is 1. The van der Waals surface area contributed by atoms with Crippen molar-refractivity contribution in [2.75, 3.05) is 7.11 Å². The molecule has 7 heteroatoms. The van der Waals surface area contributed by atoms with E-state index < -0.39 is 0 Å². The van der Waals surface area contributed by atoms with Gasteiger partial charge in [-0.1, -0.05) is 49.2 Å². The van der Waals surface area contributed by atoms with Crippen LogP contribution >= 0.6 is 0 Å². The molecule has 5 rings (SSSR count). The van der Waals surface area contributed by atoms with Crippen LogP contribution in [0.2, 0.25) is 0 Å². The Morgan fingerprint density at radius 2 is 1.91 bits per heavy atom. The van der Waals surface area contributed by atoms with Crippen LogP contribution in [0.1, 0.15) is 36.8 Å². The molecule has 3 unspecified atom stereocenters. The van der Waals surface area contributed by atoms with E-state index in [1.165, 1.54) is 7.11 Å². The van der Waals surface area contributed by atoms with E-state index in [1.54, 1.807) is 6.20 Å². The van der Waals surface area contributed by atoms with E-state index in [-0.39, 0.29) is 30.2 Å². The molecule has 2 aromatic carbocycles. The van der Waals surface area contributed by atoms with Gasteiger partial charge in [-0.3, -0.25) is 9.79 Å². The van der Waals surface area contributed by atoms with Gasteiger partial charge in [0.15, 0.2) is 5.70 Å². The number of carbonyl (C=O) groups excluding carboxylic acids is 1. The van der Waals surface area contributed by atoms with Gasteiger partial charge in [-0.2, -0.15) is 4.99 Å². The van der Waals surface area contributed by atoms with Gasteiger partial charge in [-0.05, 0) is 36.6 Å². The molecular weight excluding hydrogens is 450 g/mol. The second-order valence-corrected chi connectivity index (χ2v) is 8.59. The first-order valence-electron chi connectivity index (χ1n) is 11.5. The number of hydrogen-bond acceptors (Lipinski definition) is 5. The molecule has 0 spiro atoms. The van der Waals surface area contributed by atoms with E-state index in [0.717, 1.165) is 64.7 Å². The molecule has 34 heavy (non-hydrogen) atoms. The molecule has 0 bridgehead atoms. The third kappa shape index (κ3) is 4.83. The van der Waals surface area contributed by atoms with Crippen molar-refractivity contribution in [1.29, 1.82) is 0 Å². The minimum atomic E-state index is -0.157. The number of methoxy groups -OCH3 is 1. The predicted octanol–water partition coefficient (Wildman–Crippen LogP) is 0.661. The Hall–Kier alpha value is -3.22. The zero-order valence-corrected chi connectivity index (χ0v) is 19.9. The highest BCUT2D eigenvalue weighted by atomic mass is 35.5. The number of rotatable bonds is 6. The fourth-order valence-corrected chi connectivity index (χ4v) is 4.91. The number of ether oxygens (including phenoxy) is 2. The number of amidine groups is 1. The van der Waals surface area contributed by atoms with E-state index in [0.29, 0.717) is 6.61 Å². The van der Waals surface area contributed by atoms with Gasteiger partial charge in [0.05, 0.1) is 31.0 Å². The summed E-state index contributed by atoms with van der Waals surface area (Å²) in [5.74, 6) is 1.45. The van der Waals surface area contributed by atoms with Crippen molar-refractivity contribution in [2.45, 2.75) is 32.3 Å². The summed E-state index contributed by atoms with van der Waals surface area (Å²) in [6, 6.07) is 18.2. The third-order valence-corrected chi connectivity index (χ3v) is 6.56. The SMILES string of the molecule is COC(=O)C1CCCCC1C1=C2C=NC=C[NH+]2C(c2cccc(OCc3ccccc3)c2)=N1.[Cl-]. The summed E-state index contributed by atoms with van der Waals surface area (Å²) in [5, 5.41) is 0. The maximum atomic E-state index is 12.5. The summed E-state index contributed by atoms with van der Waals surface area (Å²) in [5.41, 5.74) is 4.09. The number of aliphatic imine (C=N–C) groups is 2. The van der Waals surface area contributed by atoms with Gasteiger partial charge in [-0.25, -0.2) is 4.90 Å². The van der Waals surface area contributed by atoms with Crippen molar-refractivity contribution in [3.63, 3.8) is 0 Å². The highest BCUT2D eigenvalue weighted by Crippen LogP contribution is 2.38. The van der Waals surface area contributed by atoms with E-state index >= 15 is 0 Å². The van der Waals surface area contributed by atoms with Crippen molar-refractivity contribution in [3.05, 3.63) is 89.5 Å². The first-order chi connectivity index (χ1) is 16.2. The number of fused-ring (bicyclic) bond motifs is 1. The lowest BCUT2D eigenvalue weighted by Crippen LogP contribution is -3.08. The molecule has 2 aromatic rings. The zero-order valence-electron chi connectivity index (χ0n) is 19.1. The molecule has 6 nitrogen and oxygen atoms in total. The average Bonchev–Trinajstić information content (AvgIpc) is 3.27. The van der Waals surface area contributed by atoms with Crippen molar-refractivity contribution >= 4 is 18.0 Å². The number of nitrogens with one attached hydrogen (secondary N) is 1. The van der Waals surface area contributed by atoms with Gasteiger partial charge in [0.1, 0.15) is 24.3 Å². The van der Waals surface area contributed by atoms with E-state index in [4.69, 9.17) is 14.5 Å². The quantitative estimate of drug-likeness (QED) is 0.622. The molecule has 176 valence electrons. The van der Waals surface area contributed by atoms with E-state index in [1.807, 2.05) is 48.8 Å². The summed E-state index contributed by atoms with van der Waals surface area (Å²) >= 11 is 0. The Labute approximate surface area is 206 Å². The van der Waals surface area contributed by atoms with Crippen LogP contribution in [0.25, 0.3) is 0 Å².